The van der Waals surface area contributed by atoms with Crippen LogP contribution in [0.15, 0.2) is 24.3 Å². The number of hydrogen-bond acceptors (Lipinski definition) is 4. The van der Waals surface area contributed by atoms with Gasteiger partial charge in [0, 0.05) is 11.9 Å². The van der Waals surface area contributed by atoms with Gasteiger partial charge in [0.2, 0.25) is 0 Å². The highest BCUT2D eigenvalue weighted by Gasteiger charge is 2.13. The van der Waals surface area contributed by atoms with Crippen LogP contribution in [0.4, 0.5) is 0 Å². The number of halogens is 1. The van der Waals surface area contributed by atoms with Crippen molar-refractivity contribution in [2.24, 2.45) is 0 Å². The Morgan fingerprint density at radius 3 is 2.80 bits per heavy atom. The van der Waals surface area contributed by atoms with E-state index in [0.29, 0.717) is 11.6 Å². The van der Waals surface area contributed by atoms with E-state index in [9.17, 15) is 4.79 Å². The molecule has 1 heterocycles. The van der Waals surface area contributed by atoms with Crippen LogP contribution in [0.3, 0.4) is 0 Å². The third kappa shape index (κ3) is 3.08. The molecule has 1 aromatic heterocycles. The van der Waals surface area contributed by atoms with Gasteiger partial charge in [0.25, 0.3) is 0 Å². The first-order valence-corrected chi connectivity index (χ1v) is 6.69. The molecule has 106 valence electrons. The Bertz CT molecular complexity index is 643. The van der Waals surface area contributed by atoms with Crippen LogP contribution in [0.1, 0.15) is 11.3 Å². The van der Waals surface area contributed by atoms with Gasteiger partial charge in [0.1, 0.15) is 0 Å². The molecule has 20 heavy (non-hydrogen) atoms. The minimum Gasteiger partial charge on any atom is -0.468 e. The van der Waals surface area contributed by atoms with Crippen LogP contribution >= 0.6 is 11.6 Å². The molecular formula is C15H17ClN2O2. The molecule has 0 spiro atoms. The average Bonchev–Trinajstić information content (AvgIpc) is 2.44. The first-order valence-electron chi connectivity index (χ1n) is 6.32. The summed E-state index contributed by atoms with van der Waals surface area (Å²) in [4.78, 5) is 17.7. The Kier molecular flexibility index (Phi) is 4.57. The normalized spacial score (nSPS) is 11.1. The smallest absolute Gasteiger partial charge is 0.319 e. The fourth-order valence-corrected chi connectivity index (χ4v) is 2.32. The second-order valence-electron chi connectivity index (χ2n) is 4.76. The van der Waals surface area contributed by atoms with Crippen LogP contribution in [0.25, 0.3) is 10.9 Å². The lowest BCUT2D eigenvalue weighted by Crippen LogP contribution is -2.26. The standard InChI is InChI=1S/C15H17ClN2O2/c1-10-11-6-4-5-7-12(11)17-13(15(10)16)8-18(2)9-14(19)20-3/h4-7H,8-9H2,1-3H3. The zero-order valence-corrected chi connectivity index (χ0v) is 12.6. The van der Waals surface area contributed by atoms with E-state index >= 15 is 0 Å². The fourth-order valence-electron chi connectivity index (χ4n) is 2.12. The maximum atomic E-state index is 11.3. The van der Waals surface area contributed by atoms with Gasteiger partial charge in [0.15, 0.2) is 0 Å². The summed E-state index contributed by atoms with van der Waals surface area (Å²) >= 11 is 6.38. The number of carbonyl (C=O) groups is 1. The second kappa shape index (κ2) is 6.20. The summed E-state index contributed by atoms with van der Waals surface area (Å²) in [6, 6.07) is 7.88. The van der Waals surface area contributed by atoms with Crippen LogP contribution in [-0.2, 0) is 16.1 Å². The molecule has 0 aliphatic heterocycles. The number of hydrogen-bond donors (Lipinski definition) is 0. The lowest BCUT2D eigenvalue weighted by Gasteiger charge is -2.17. The number of fused-ring (bicyclic) bond motifs is 1. The second-order valence-corrected chi connectivity index (χ2v) is 5.14. The molecule has 2 aromatic rings. The van der Waals surface area contributed by atoms with E-state index in [2.05, 4.69) is 9.72 Å². The number of likely N-dealkylation sites (N-methyl/N-ethyl adjacent to an activating group) is 1. The maximum absolute atomic E-state index is 11.3. The summed E-state index contributed by atoms with van der Waals surface area (Å²) in [5.74, 6) is -0.277. The molecule has 0 saturated heterocycles. The third-order valence-corrected chi connectivity index (χ3v) is 3.69. The van der Waals surface area contributed by atoms with Crippen molar-refractivity contribution in [1.29, 1.82) is 0 Å². The summed E-state index contributed by atoms with van der Waals surface area (Å²) in [5, 5.41) is 1.71. The van der Waals surface area contributed by atoms with Gasteiger partial charge in [-0.1, -0.05) is 29.8 Å². The molecule has 0 radical (unpaired) electrons. The fraction of sp³-hybridized carbons (Fsp3) is 0.333. The molecule has 4 nitrogen and oxygen atoms in total. The van der Waals surface area contributed by atoms with Gasteiger partial charge < -0.3 is 4.74 Å². The van der Waals surface area contributed by atoms with Gasteiger partial charge in [-0.05, 0) is 25.6 Å². The van der Waals surface area contributed by atoms with E-state index < -0.39 is 0 Å². The number of aromatic nitrogens is 1. The maximum Gasteiger partial charge on any atom is 0.319 e. The summed E-state index contributed by atoms with van der Waals surface area (Å²) in [6.07, 6.45) is 0. The molecule has 0 N–H and O–H groups in total. The van der Waals surface area contributed by atoms with E-state index in [0.717, 1.165) is 22.2 Å². The zero-order valence-electron chi connectivity index (χ0n) is 11.8. The molecular weight excluding hydrogens is 276 g/mol. The first-order chi connectivity index (χ1) is 9.52. The Morgan fingerprint density at radius 2 is 2.10 bits per heavy atom. The Balaban J connectivity index is 2.30. The highest BCUT2D eigenvalue weighted by Crippen LogP contribution is 2.27. The third-order valence-electron chi connectivity index (χ3n) is 3.19. The van der Waals surface area contributed by atoms with Crippen molar-refractivity contribution in [1.82, 2.24) is 9.88 Å². The molecule has 1 aromatic carbocycles. The van der Waals surface area contributed by atoms with E-state index in [4.69, 9.17) is 11.6 Å². The van der Waals surface area contributed by atoms with Crippen molar-refractivity contribution in [3.05, 3.63) is 40.5 Å². The number of carbonyl (C=O) groups excluding carboxylic acids is 1. The Labute approximate surface area is 123 Å². The van der Waals surface area contributed by atoms with Gasteiger partial charge >= 0.3 is 5.97 Å². The van der Waals surface area contributed by atoms with Crippen LogP contribution in [0.2, 0.25) is 5.02 Å². The molecule has 0 bridgehead atoms. The Morgan fingerprint density at radius 1 is 1.40 bits per heavy atom. The van der Waals surface area contributed by atoms with E-state index in [-0.39, 0.29) is 12.5 Å². The predicted molar refractivity (Wildman–Crippen MR) is 79.8 cm³/mol. The molecule has 2 rings (SSSR count). The van der Waals surface area contributed by atoms with Crippen molar-refractivity contribution in [2.45, 2.75) is 13.5 Å². The number of nitrogens with zero attached hydrogens (tertiary/aromatic N) is 2. The minimum absolute atomic E-state index is 0.209. The van der Waals surface area contributed by atoms with Crippen molar-refractivity contribution < 1.29 is 9.53 Å². The van der Waals surface area contributed by atoms with Gasteiger partial charge in [-0.2, -0.15) is 0 Å². The number of ether oxygens (including phenoxy) is 1. The number of rotatable bonds is 4. The number of para-hydroxylation sites is 1. The van der Waals surface area contributed by atoms with E-state index in [1.54, 1.807) is 0 Å². The highest BCUT2D eigenvalue weighted by atomic mass is 35.5. The van der Waals surface area contributed by atoms with Gasteiger partial charge in [-0.15, -0.1) is 0 Å². The van der Waals surface area contributed by atoms with E-state index in [1.807, 2.05) is 43.1 Å². The Hall–Kier alpha value is -1.65. The summed E-state index contributed by atoms with van der Waals surface area (Å²) in [6.45, 7) is 2.69. The van der Waals surface area contributed by atoms with Crippen molar-refractivity contribution in [3.63, 3.8) is 0 Å². The van der Waals surface area contributed by atoms with Crippen LogP contribution in [0, 0.1) is 6.92 Å². The molecule has 0 saturated carbocycles. The van der Waals surface area contributed by atoms with Gasteiger partial charge in [-0.25, -0.2) is 4.98 Å². The molecule has 0 aliphatic rings. The monoisotopic (exact) mass is 292 g/mol. The summed E-state index contributed by atoms with van der Waals surface area (Å²) < 4.78 is 4.65. The van der Waals surface area contributed by atoms with Crippen molar-refractivity contribution >= 4 is 28.5 Å². The topological polar surface area (TPSA) is 42.4 Å². The zero-order chi connectivity index (χ0) is 14.7. The lowest BCUT2D eigenvalue weighted by molar-refractivity contribution is -0.141. The lowest BCUT2D eigenvalue weighted by atomic mass is 10.1. The number of esters is 1. The number of benzene rings is 1. The highest BCUT2D eigenvalue weighted by molar-refractivity contribution is 6.32. The molecule has 0 aliphatic carbocycles. The largest absolute Gasteiger partial charge is 0.468 e. The number of methoxy groups -OCH3 is 1. The number of aryl methyl sites for hydroxylation is 1. The number of pyridine rings is 1. The molecule has 0 amide bonds. The summed E-state index contributed by atoms with van der Waals surface area (Å²) in [7, 11) is 3.21. The van der Waals surface area contributed by atoms with Crippen molar-refractivity contribution in [3.8, 4) is 0 Å². The predicted octanol–water partition coefficient (Wildman–Crippen LogP) is 2.80. The van der Waals surface area contributed by atoms with Gasteiger partial charge in [-0.3, -0.25) is 9.69 Å². The first kappa shape index (κ1) is 14.8. The van der Waals surface area contributed by atoms with E-state index in [1.165, 1.54) is 7.11 Å². The van der Waals surface area contributed by atoms with Gasteiger partial charge in [0.05, 0.1) is 29.9 Å². The molecule has 0 unspecified atom stereocenters. The molecule has 0 fully saturated rings. The quantitative estimate of drug-likeness (QED) is 0.813. The SMILES string of the molecule is COC(=O)CN(C)Cc1nc2ccccc2c(C)c1Cl. The van der Waals surface area contributed by atoms with Crippen LogP contribution in [0.5, 0.6) is 0 Å². The van der Waals surface area contributed by atoms with Crippen LogP contribution < -0.4 is 0 Å². The minimum atomic E-state index is -0.277. The summed E-state index contributed by atoms with van der Waals surface area (Å²) in [5.41, 5.74) is 2.70. The molecule has 0 atom stereocenters. The van der Waals surface area contributed by atoms with Crippen LogP contribution in [-0.4, -0.2) is 36.6 Å². The average molecular weight is 293 g/mol. The van der Waals surface area contributed by atoms with Crippen molar-refractivity contribution in [2.75, 3.05) is 20.7 Å². The molecule has 5 heteroatoms.